The van der Waals surface area contributed by atoms with E-state index >= 15 is 0 Å². The van der Waals surface area contributed by atoms with Crippen molar-refractivity contribution >= 4 is 23.2 Å². The lowest BCUT2D eigenvalue weighted by atomic mass is 10.1. The molecule has 0 aromatic heterocycles. The topological polar surface area (TPSA) is 15.3 Å². The highest BCUT2D eigenvalue weighted by atomic mass is 35.5. The van der Waals surface area contributed by atoms with E-state index in [4.69, 9.17) is 23.2 Å². The first-order valence-electron chi connectivity index (χ1n) is 5.21. The molecule has 0 amide bonds. The molecule has 0 heterocycles. The first-order valence-corrected chi connectivity index (χ1v) is 6.28. The van der Waals surface area contributed by atoms with E-state index < -0.39 is 0 Å². The molecule has 0 atom stereocenters. The molecule has 2 nitrogen and oxygen atoms in total. The molecule has 0 spiro atoms. The molecule has 86 valence electrons. The third-order valence-corrected chi connectivity index (χ3v) is 3.64. The predicted octanol–water partition coefficient (Wildman–Crippen LogP) is 2.15. The molecular formula is C10H22Cl2N2. The van der Waals surface area contributed by atoms with Gasteiger partial charge in [0.2, 0.25) is 0 Å². The smallest absolute Gasteiger partial charge is 0.0425 e. The second-order valence-electron chi connectivity index (χ2n) is 3.78. The number of likely N-dealkylation sites (N-methyl/N-ethyl adjacent to an activating group) is 1. The van der Waals surface area contributed by atoms with Gasteiger partial charge in [-0.1, -0.05) is 13.8 Å². The predicted molar refractivity (Wildman–Crippen MR) is 65.6 cm³/mol. The summed E-state index contributed by atoms with van der Waals surface area (Å²) in [5.74, 6) is 1.10. The van der Waals surface area contributed by atoms with Crippen LogP contribution in [0.15, 0.2) is 0 Å². The Hall–Kier alpha value is 0.500. The highest BCUT2D eigenvalue weighted by molar-refractivity contribution is 6.22. The van der Waals surface area contributed by atoms with Gasteiger partial charge < -0.3 is 10.2 Å². The first-order chi connectivity index (χ1) is 6.61. The average molecular weight is 241 g/mol. The van der Waals surface area contributed by atoms with Gasteiger partial charge in [-0.3, -0.25) is 0 Å². The summed E-state index contributed by atoms with van der Waals surface area (Å²) >= 11 is 11.7. The summed E-state index contributed by atoms with van der Waals surface area (Å²) in [6.07, 6.45) is 0. The van der Waals surface area contributed by atoms with Gasteiger partial charge in [-0.25, -0.2) is 0 Å². The Morgan fingerprint density at radius 1 is 1.14 bits per heavy atom. The molecule has 0 bridgehead atoms. The third-order valence-electron chi connectivity index (χ3n) is 2.46. The lowest BCUT2D eigenvalue weighted by Crippen LogP contribution is -2.48. The highest BCUT2D eigenvalue weighted by Gasteiger charge is 2.20. The molecule has 0 rings (SSSR count). The van der Waals surface area contributed by atoms with E-state index in [1.165, 1.54) is 0 Å². The summed E-state index contributed by atoms with van der Waals surface area (Å²) in [7, 11) is 0. The highest BCUT2D eigenvalue weighted by Crippen LogP contribution is 2.08. The van der Waals surface area contributed by atoms with Crippen LogP contribution in [0.1, 0.15) is 20.8 Å². The van der Waals surface area contributed by atoms with E-state index in [0.717, 1.165) is 26.2 Å². The van der Waals surface area contributed by atoms with Crippen LogP contribution in [0.3, 0.4) is 0 Å². The Labute approximate surface area is 97.9 Å². The molecule has 0 aliphatic heterocycles. The molecule has 0 unspecified atom stereocenters. The van der Waals surface area contributed by atoms with E-state index in [2.05, 4.69) is 31.0 Å². The number of halogens is 2. The van der Waals surface area contributed by atoms with Crippen molar-refractivity contribution in [2.45, 2.75) is 26.3 Å². The van der Waals surface area contributed by atoms with Crippen molar-refractivity contribution in [2.75, 3.05) is 37.9 Å². The molecule has 0 saturated heterocycles. The van der Waals surface area contributed by atoms with Crippen LogP contribution in [0.5, 0.6) is 0 Å². The summed E-state index contributed by atoms with van der Waals surface area (Å²) in [5, 5.41) is 3.39. The maximum Gasteiger partial charge on any atom is 0.0425 e. The van der Waals surface area contributed by atoms with Gasteiger partial charge >= 0.3 is 0 Å². The fourth-order valence-electron chi connectivity index (χ4n) is 1.19. The number of nitrogens with one attached hydrogen (secondary N) is 1. The largest absolute Gasteiger partial charge is 0.308 e. The minimum absolute atomic E-state index is 0.129. The second-order valence-corrected chi connectivity index (χ2v) is 4.32. The zero-order valence-corrected chi connectivity index (χ0v) is 11.0. The standard InChI is InChI=1S/C10H22Cl2N2/c1-4-14(5-2)7-6-13-10(3,8-11)9-12/h13H,4-9H2,1-3H3. The second kappa shape index (κ2) is 7.75. The maximum atomic E-state index is 5.83. The van der Waals surface area contributed by atoms with Gasteiger partial charge in [0.25, 0.3) is 0 Å². The van der Waals surface area contributed by atoms with Gasteiger partial charge in [0.1, 0.15) is 0 Å². The molecule has 4 heteroatoms. The third kappa shape index (κ3) is 5.40. The van der Waals surface area contributed by atoms with E-state index in [9.17, 15) is 0 Å². The van der Waals surface area contributed by atoms with Crippen molar-refractivity contribution in [1.29, 1.82) is 0 Å². The van der Waals surface area contributed by atoms with Crippen LogP contribution in [0.25, 0.3) is 0 Å². The summed E-state index contributed by atoms with van der Waals surface area (Å²) in [6.45, 7) is 10.6. The zero-order valence-electron chi connectivity index (χ0n) is 9.45. The molecule has 0 aromatic carbocycles. The van der Waals surface area contributed by atoms with Gasteiger partial charge in [0.05, 0.1) is 0 Å². The first kappa shape index (κ1) is 14.5. The molecule has 0 fully saturated rings. The Morgan fingerprint density at radius 3 is 2.00 bits per heavy atom. The van der Waals surface area contributed by atoms with Crippen molar-refractivity contribution < 1.29 is 0 Å². The molecule has 0 aliphatic carbocycles. The van der Waals surface area contributed by atoms with Crippen molar-refractivity contribution in [1.82, 2.24) is 10.2 Å². The minimum atomic E-state index is -0.129. The van der Waals surface area contributed by atoms with E-state index in [-0.39, 0.29) is 5.54 Å². The van der Waals surface area contributed by atoms with Gasteiger partial charge in [-0.15, -0.1) is 23.2 Å². The Bertz CT molecular complexity index is 134. The summed E-state index contributed by atoms with van der Waals surface area (Å²) in [6, 6.07) is 0. The minimum Gasteiger partial charge on any atom is -0.308 e. The van der Waals surface area contributed by atoms with Gasteiger partial charge in [-0.05, 0) is 20.0 Å². The number of nitrogens with zero attached hydrogens (tertiary/aromatic N) is 1. The van der Waals surface area contributed by atoms with Crippen LogP contribution in [0.2, 0.25) is 0 Å². The van der Waals surface area contributed by atoms with Gasteiger partial charge in [0, 0.05) is 30.4 Å². The molecular weight excluding hydrogens is 219 g/mol. The summed E-state index contributed by atoms with van der Waals surface area (Å²) in [5.41, 5.74) is -0.129. The normalized spacial score (nSPS) is 12.4. The van der Waals surface area contributed by atoms with E-state index in [0.29, 0.717) is 11.8 Å². The van der Waals surface area contributed by atoms with Crippen molar-refractivity contribution in [3.63, 3.8) is 0 Å². The summed E-state index contributed by atoms with van der Waals surface area (Å²) in [4.78, 5) is 2.37. The Kier molecular flexibility index (Phi) is 8.02. The fraction of sp³-hybridized carbons (Fsp3) is 1.00. The quantitative estimate of drug-likeness (QED) is 0.655. The monoisotopic (exact) mass is 240 g/mol. The van der Waals surface area contributed by atoms with Gasteiger partial charge in [0.15, 0.2) is 0 Å². The van der Waals surface area contributed by atoms with Crippen molar-refractivity contribution in [3.8, 4) is 0 Å². The number of rotatable bonds is 8. The molecule has 0 aromatic rings. The summed E-state index contributed by atoms with van der Waals surface area (Å²) < 4.78 is 0. The Balaban J connectivity index is 3.70. The van der Waals surface area contributed by atoms with E-state index in [1.807, 2.05) is 0 Å². The van der Waals surface area contributed by atoms with Gasteiger partial charge in [-0.2, -0.15) is 0 Å². The van der Waals surface area contributed by atoms with E-state index in [1.54, 1.807) is 0 Å². The molecule has 1 N–H and O–H groups in total. The van der Waals surface area contributed by atoms with Crippen LogP contribution in [-0.2, 0) is 0 Å². The van der Waals surface area contributed by atoms with Crippen LogP contribution in [0, 0.1) is 0 Å². The molecule has 14 heavy (non-hydrogen) atoms. The molecule has 0 saturated carbocycles. The Morgan fingerprint density at radius 2 is 1.64 bits per heavy atom. The lowest BCUT2D eigenvalue weighted by Gasteiger charge is -2.28. The number of hydrogen-bond acceptors (Lipinski definition) is 2. The van der Waals surface area contributed by atoms with Crippen LogP contribution in [0.4, 0.5) is 0 Å². The van der Waals surface area contributed by atoms with Crippen LogP contribution in [-0.4, -0.2) is 48.4 Å². The fourth-order valence-corrected chi connectivity index (χ4v) is 1.66. The van der Waals surface area contributed by atoms with Crippen molar-refractivity contribution in [2.24, 2.45) is 0 Å². The lowest BCUT2D eigenvalue weighted by molar-refractivity contribution is 0.287. The maximum absolute atomic E-state index is 5.83. The van der Waals surface area contributed by atoms with Crippen LogP contribution >= 0.6 is 23.2 Å². The van der Waals surface area contributed by atoms with Crippen molar-refractivity contribution in [3.05, 3.63) is 0 Å². The average Bonchev–Trinajstić information content (AvgIpc) is 2.24. The van der Waals surface area contributed by atoms with Crippen LogP contribution < -0.4 is 5.32 Å². The number of hydrogen-bond donors (Lipinski definition) is 1. The SMILES string of the molecule is CCN(CC)CCNC(C)(CCl)CCl. The number of alkyl halides is 2. The molecule has 0 aliphatic rings. The zero-order chi connectivity index (χ0) is 11.0. The molecule has 0 radical (unpaired) electrons.